The summed E-state index contributed by atoms with van der Waals surface area (Å²) in [4.78, 5) is 0. The Labute approximate surface area is 71.5 Å². The predicted molar refractivity (Wildman–Crippen MR) is 50.1 cm³/mol. The maximum absolute atomic E-state index is 2.61. The number of rotatable bonds is 0. The van der Waals surface area contributed by atoms with Crippen LogP contribution in [0.5, 0.6) is 0 Å². The normalized spacial score (nSPS) is 38.0. The predicted octanol–water partition coefficient (Wildman–Crippen LogP) is 3.39. The van der Waals surface area contributed by atoms with Gasteiger partial charge in [0.1, 0.15) is 0 Å². The number of halogens is 1. The van der Waals surface area contributed by atoms with E-state index >= 15 is 0 Å². The first-order valence-corrected chi connectivity index (χ1v) is 5.19. The summed E-state index contributed by atoms with van der Waals surface area (Å²) in [6.07, 6.45) is 7.35. The van der Waals surface area contributed by atoms with Crippen LogP contribution in [0, 0.1) is 5.92 Å². The maximum atomic E-state index is 2.61. The Kier molecular flexibility index (Phi) is 3.30. The third kappa shape index (κ3) is 2.44. The van der Waals surface area contributed by atoms with Gasteiger partial charge in [0.2, 0.25) is 0 Å². The van der Waals surface area contributed by atoms with Gasteiger partial charge in [-0.1, -0.05) is 48.8 Å². The third-order valence-electron chi connectivity index (χ3n) is 2.26. The molecule has 1 aliphatic carbocycles. The average molecular weight is 238 g/mol. The van der Waals surface area contributed by atoms with Gasteiger partial charge in [-0.25, -0.2) is 0 Å². The van der Waals surface area contributed by atoms with E-state index in [4.69, 9.17) is 0 Å². The Balaban J connectivity index is 2.32. The first-order chi connectivity index (χ1) is 4.30. The highest BCUT2D eigenvalue weighted by molar-refractivity contribution is 14.1. The summed E-state index contributed by atoms with van der Waals surface area (Å²) in [5, 5.41) is 0. The van der Waals surface area contributed by atoms with Gasteiger partial charge in [0.25, 0.3) is 0 Å². The smallest absolute Gasteiger partial charge is 0.0135 e. The summed E-state index contributed by atoms with van der Waals surface area (Å²) in [6, 6.07) is 0. The van der Waals surface area contributed by atoms with Crippen molar-refractivity contribution in [2.75, 3.05) is 0 Å². The van der Waals surface area contributed by atoms with Crippen molar-refractivity contribution in [2.24, 2.45) is 5.92 Å². The van der Waals surface area contributed by atoms with Gasteiger partial charge in [0.15, 0.2) is 0 Å². The van der Waals surface area contributed by atoms with Crippen LogP contribution in [0.2, 0.25) is 0 Å². The van der Waals surface area contributed by atoms with Crippen molar-refractivity contribution < 1.29 is 0 Å². The van der Waals surface area contributed by atoms with Gasteiger partial charge in [-0.3, -0.25) is 0 Å². The van der Waals surface area contributed by atoms with Crippen molar-refractivity contribution >= 4 is 22.6 Å². The molecule has 1 heteroatoms. The fourth-order valence-electron chi connectivity index (χ4n) is 1.45. The zero-order chi connectivity index (χ0) is 6.69. The van der Waals surface area contributed by atoms with Gasteiger partial charge in [0.05, 0.1) is 0 Å². The lowest BCUT2D eigenvalue weighted by Gasteiger charge is -2.12. The van der Waals surface area contributed by atoms with E-state index in [2.05, 4.69) is 29.5 Å². The Hall–Kier alpha value is 0.730. The first-order valence-electron chi connectivity index (χ1n) is 3.95. The van der Waals surface area contributed by atoms with Crippen molar-refractivity contribution in [1.82, 2.24) is 0 Å². The minimum absolute atomic E-state index is 0.963. The van der Waals surface area contributed by atoms with Gasteiger partial charge in [-0.15, -0.1) is 0 Å². The van der Waals surface area contributed by atoms with Crippen LogP contribution in [-0.4, -0.2) is 3.92 Å². The molecule has 2 atom stereocenters. The molecule has 0 aliphatic heterocycles. The molecule has 0 radical (unpaired) electrons. The summed E-state index contributed by atoms with van der Waals surface area (Å²) in [6.45, 7) is 2.39. The van der Waals surface area contributed by atoms with E-state index < -0.39 is 0 Å². The SMILES string of the molecule is C[C@@H]1CCCCCC1I. The average Bonchev–Trinajstić information content (AvgIpc) is 1.99. The summed E-state index contributed by atoms with van der Waals surface area (Å²) in [5.74, 6) is 0.980. The van der Waals surface area contributed by atoms with E-state index in [1.807, 2.05) is 0 Å². The van der Waals surface area contributed by atoms with Crippen LogP contribution >= 0.6 is 22.6 Å². The number of hydrogen-bond donors (Lipinski definition) is 0. The maximum Gasteiger partial charge on any atom is 0.0135 e. The highest BCUT2D eigenvalue weighted by atomic mass is 127. The molecule has 1 aliphatic rings. The van der Waals surface area contributed by atoms with Crippen molar-refractivity contribution in [3.8, 4) is 0 Å². The molecule has 0 N–H and O–H groups in total. The molecule has 1 saturated carbocycles. The Morgan fingerprint density at radius 1 is 1.11 bits per heavy atom. The molecule has 1 unspecified atom stereocenters. The highest BCUT2D eigenvalue weighted by Crippen LogP contribution is 2.28. The van der Waals surface area contributed by atoms with E-state index in [0.29, 0.717) is 0 Å². The molecule has 0 bridgehead atoms. The monoisotopic (exact) mass is 238 g/mol. The topological polar surface area (TPSA) is 0 Å². The van der Waals surface area contributed by atoms with E-state index in [1.165, 1.54) is 32.1 Å². The number of alkyl halides is 1. The first kappa shape index (κ1) is 7.83. The molecule has 0 amide bonds. The molecule has 0 nitrogen and oxygen atoms in total. The lowest BCUT2D eigenvalue weighted by atomic mass is 10.0. The lowest BCUT2D eigenvalue weighted by molar-refractivity contribution is 0.531. The molecule has 0 heterocycles. The van der Waals surface area contributed by atoms with Crippen molar-refractivity contribution in [2.45, 2.75) is 43.0 Å². The number of hydrogen-bond acceptors (Lipinski definition) is 0. The molecular weight excluding hydrogens is 223 g/mol. The van der Waals surface area contributed by atoms with Crippen LogP contribution in [0.15, 0.2) is 0 Å². The van der Waals surface area contributed by atoms with E-state index in [1.54, 1.807) is 0 Å². The summed E-state index contributed by atoms with van der Waals surface area (Å²) >= 11 is 2.61. The largest absolute Gasteiger partial charge is 0.0823 e. The Bertz CT molecular complexity index is 70.6. The molecule has 1 rings (SSSR count). The standard InChI is InChI=1S/C8H15I/c1-7-5-3-2-4-6-8(7)9/h7-8H,2-6H2,1H3/t7-,8?/m1/s1. The quantitative estimate of drug-likeness (QED) is 0.344. The molecule has 54 valence electrons. The molecule has 1 fully saturated rings. The van der Waals surface area contributed by atoms with Gasteiger partial charge in [0, 0.05) is 3.92 Å². The minimum Gasteiger partial charge on any atom is -0.0823 e. The molecule has 0 aromatic carbocycles. The molecule has 0 aromatic rings. The van der Waals surface area contributed by atoms with Crippen LogP contribution < -0.4 is 0 Å². The second-order valence-corrected chi connectivity index (χ2v) is 4.73. The van der Waals surface area contributed by atoms with E-state index in [9.17, 15) is 0 Å². The van der Waals surface area contributed by atoms with Crippen LogP contribution in [0.1, 0.15) is 39.0 Å². The third-order valence-corrected chi connectivity index (χ3v) is 4.11. The van der Waals surface area contributed by atoms with E-state index in [0.717, 1.165) is 9.84 Å². The van der Waals surface area contributed by atoms with Crippen LogP contribution in [0.3, 0.4) is 0 Å². The Morgan fingerprint density at radius 3 is 2.56 bits per heavy atom. The fourth-order valence-corrected chi connectivity index (χ4v) is 2.25. The zero-order valence-corrected chi connectivity index (χ0v) is 8.23. The van der Waals surface area contributed by atoms with Crippen molar-refractivity contribution in [3.63, 3.8) is 0 Å². The minimum atomic E-state index is 0.963. The van der Waals surface area contributed by atoms with Gasteiger partial charge in [-0.05, 0) is 18.8 Å². The van der Waals surface area contributed by atoms with Crippen molar-refractivity contribution in [1.29, 1.82) is 0 Å². The van der Waals surface area contributed by atoms with Gasteiger partial charge in [-0.2, -0.15) is 0 Å². The second kappa shape index (κ2) is 3.79. The van der Waals surface area contributed by atoms with Crippen LogP contribution in [-0.2, 0) is 0 Å². The van der Waals surface area contributed by atoms with Gasteiger partial charge >= 0.3 is 0 Å². The Morgan fingerprint density at radius 2 is 1.78 bits per heavy atom. The second-order valence-electron chi connectivity index (χ2n) is 3.13. The summed E-state index contributed by atoms with van der Waals surface area (Å²) in [7, 11) is 0. The summed E-state index contributed by atoms with van der Waals surface area (Å²) in [5.41, 5.74) is 0. The molecule has 0 saturated heterocycles. The van der Waals surface area contributed by atoms with E-state index in [-0.39, 0.29) is 0 Å². The molecule has 0 spiro atoms. The van der Waals surface area contributed by atoms with Crippen LogP contribution in [0.4, 0.5) is 0 Å². The van der Waals surface area contributed by atoms with Gasteiger partial charge < -0.3 is 0 Å². The summed E-state index contributed by atoms with van der Waals surface area (Å²) < 4.78 is 0.963. The highest BCUT2D eigenvalue weighted by Gasteiger charge is 2.15. The molecule has 9 heavy (non-hydrogen) atoms. The molecular formula is C8H15I. The molecule has 0 aromatic heterocycles. The van der Waals surface area contributed by atoms with Crippen molar-refractivity contribution in [3.05, 3.63) is 0 Å². The lowest BCUT2D eigenvalue weighted by Crippen LogP contribution is -2.07. The zero-order valence-electron chi connectivity index (χ0n) is 6.07. The fraction of sp³-hybridized carbons (Fsp3) is 1.00. The van der Waals surface area contributed by atoms with Crippen LogP contribution in [0.25, 0.3) is 0 Å².